The molecule has 0 aliphatic rings. The number of nitrogens with zero attached hydrogens (tertiary/aromatic N) is 2. The summed E-state index contributed by atoms with van der Waals surface area (Å²) in [6.45, 7) is 1.54. The van der Waals surface area contributed by atoms with E-state index in [0.717, 1.165) is 0 Å². The van der Waals surface area contributed by atoms with Gasteiger partial charge in [-0.3, -0.25) is 0 Å². The zero-order valence-electron chi connectivity index (χ0n) is 7.60. The van der Waals surface area contributed by atoms with Crippen molar-refractivity contribution in [3.8, 4) is 0 Å². The molecule has 0 aliphatic carbocycles. The molecule has 1 heterocycles. The molecule has 72 valence electrons. The molecule has 1 aromatic heterocycles. The number of hydrogen-bond acceptors (Lipinski definition) is 4. The van der Waals surface area contributed by atoms with E-state index in [4.69, 9.17) is 0 Å². The molecule has 0 amide bonds. The molecule has 0 bridgehead atoms. The fourth-order valence-corrected chi connectivity index (χ4v) is 1.02. The predicted molar refractivity (Wildman–Crippen MR) is 44.9 cm³/mol. The number of imidazole rings is 1. The number of methoxy groups -OCH3 is 1. The molecule has 0 saturated heterocycles. The van der Waals surface area contributed by atoms with E-state index in [1.165, 1.54) is 20.4 Å². The van der Waals surface area contributed by atoms with Crippen LogP contribution in [-0.4, -0.2) is 33.3 Å². The molecular weight excluding hydrogens is 172 g/mol. The van der Waals surface area contributed by atoms with E-state index in [2.05, 4.69) is 9.72 Å². The van der Waals surface area contributed by atoms with Gasteiger partial charge in [0.2, 0.25) is 0 Å². The molecule has 1 aromatic rings. The second-order valence-electron chi connectivity index (χ2n) is 3.00. The SMILES string of the molecule is COC(=O)C(C)(O)Cn1ccnc1. The highest BCUT2D eigenvalue weighted by molar-refractivity contribution is 5.78. The first kappa shape index (κ1) is 9.73. The largest absolute Gasteiger partial charge is 0.467 e. The van der Waals surface area contributed by atoms with E-state index in [1.54, 1.807) is 17.0 Å². The lowest BCUT2D eigenvalue weighted by molar-refractivity contribution is -0.161. The number of esters is 1. The summed E-state index contributed by atoms with van der Waals surface area (Å²) in [6, 6.07) is 0. The first-order valence-corrected chi connectivity index (χ1v) is 3.83. The van der Waals surface area contributed by atoms with Crippen LogP contribution in [-0.2, 0) is 16.1 Å². The van der Waals surface area contributed by atoms with Crippen molar-refractivity contribution in [2.24, 2.45) is 0 Å². The van der Waals surface area contributed by atoms with Crippen LogP contribution < -0.4 is 0 Å². The Bertz CT molecular complexity index is 280. The normalized spacial score (nSPS) is 15.0. The molecule has 0 aliphatic heterocycles. The number of aliphatic hydroxyl groups is 1. The minimum atomic E-state index is -1.50. The van der Waals surface area contributed by atoms with Crippen LogP contribution in [0, 0.1) is 0 Å². The minimum Gasteiger partial charge on any atom is -0.467 e. The Morgan fingerprint density at radius 1 is 1.77 bits per heavy atom. The van der Waals surface area contributed by atoms with Gasteiger partial charge >= 0.3 is 5.97 Å². The smallest absolute Gasteiger partial charge is 0.339 e. The summed E-state index contributed by atoms with van der Waals surface area (Å²) in [4.78, 5) is 14.8. The Morgan fingerprint density at radius 3 is 2.92 bits per heavy atom. The molecule has 1 rings (SSSR count). The quantitative estimate of drug-likeness (QED) is 0.661. The molecular formula is C8H12N2O3. The minimum absolute atomic E-state index is 0.139. The fraction of sp³-hybridized carbons (Fsp3) is 0.500. The van der Waals surface area contributed by atoms with Gasteiger partial charge in [-0.15, -0.1) is 0 Å². The first-order chi connectivity index (χ1) is 6.06. The summed E-state index contributed by atoms with van der Waals surface area (Å²) in [5.41, 5.74) is -1.50. The van der Waals surface area contributed by atoms with Crippen molar-refractivity contribution in [3.05, 3.63) is 18.7 Å². The van der Waals surface area contributed by atoms with Crippen molar-refractivity contribution < 1.29 is 14.6 Å². The van der Waals surface area contributed by atoms with Crippen LogP contribution in [0.15, 0.2) is 18.7 Å². The average Bonchev–Trinajstić information content (AvgIpc) is 2.54. The summed E-state index contributed by atoms with van der Waals surface area (Å²) in [6.07, 6.45) is 4.77. The van der Waals surface area contributed by atoms with Gasteiger partial charge in [-0.05, 0) is 6.92 Å². The van der Waals surface area contributed by atoms with Crippen LogP contribution in [0.5, 0.6) is 0 Å². The number of hydrogen-bond donors (Lipinski definition) is 1. The van der Waals surface area contributed by atoms with Crippen LogP contribution in [0.25, 0.3) is 0 Å². The Kier molecular flexibility index (Phi) is 2.67. The topological polar surface area (TPSA) is 64.3 Å². The van der Waals surface area contributed by atoms with Crippen molar-refractivity contribution in [2.45, 2.75) is 19.1 Å². The van der Waals surface area contributed by atoms with Crippen LogP contribution in [0.1, 0.15) is 6.92 Å². The maximum Gasteiger partial charge on any atom is 0.339 e. The van der Waals surface area contributed by atoms with Crippen LogP contribution in [0.2, 0.25) is 0 Å². The van der Waals surface area contributed by atoms with Crippen LogP contribution >= 0.6 is 0 Å². The summed E-state index contributed by atoms with van der Waals surface area (Å²) in [5.74, 6) is -0.652. The lowest BCUT2D eigenvalue weighted by Gasteiger charge is -2.20. The standard InChI is InChI=1S/C8H12N2O3/c1-8(12,7(11)13-2)5-10-4-3-9-6-10/h3-4,6,12H,5H2,1-2H3. The Labute approximate surface area is 76.0 Å². The van der Waals surface area contributed by atoms with Gasteiger partial charge < -0.3 is 14.4 Å². The maximum atomic E-state index is 11.1. The molecule has 5 heteroatoms. The molecule has 1 atom stereocenters. The highest BCUT2D eigenvalue weighted by Crippen LogP contribution is 2.08. The lowest BCUT2D eigenvalue weighted by atomic mass is 10.1. The Hall–Kier alpha value is -1.36. The molecule has 1 N–H and O–H groups in total. The second-order valence-corrected chi connectivity index (χ2v) is 3.00. The maximum absolute atomic E-state index is 11.1. The molecule has 0 aromatic carbocycles. The van der Waals surface area contributed by atoms with E-state index >= 15 is 0 Å². The zero-order chi connectivity index (χ0) is 9.90. The highest BCUT2D eigenvalue weighted by Gasteiger charge is 2.31. The summed E-state index contributed by atoms with van der Waals surface area (Å²) >= 11 is 0. The van der Waals surface area contributed by atoms with Crippen molar-refractivity contribution in [2.75, 3.05) is 7.11 Å². The molecule has 1 unspecified atom stereocenters. The summed E-state index contributed by atoms with van der Waals surface area (Å²) in [5, 5.41) is 9.63. The van der Waals surface area contributed by atoms with E-state index in [9.17, 15) is 9.90 Å². The molecule has 0 fully saturated rings. The van der Waals surface area contributed by atoms with Gasteiger partial charge in [-0.2, -0.15) is 0 Å². The number of rotatable bonds is 3. The molecule has 5 nitrogen and oxygen atoms in total. The molecule has 0 radical (unpaired) electrons. The second kappa shape index (κ2) is 3.57. The third-order valence-electron chi connectivity index (χ3n) is 1.67. The zero-order valence-corrected chi connectivity index (χ0v) is 7.60. The molecule has 0 saturated carbocycles. The number of aromatic nitrogens is 2. The van der Waals surface area contributed by atoms with Crippen molar-refractivity contribution in [1.82, 2.24) is 9.55 Å². The van der Waals surface area contributed by atoms with Gasteiger partial charge in [0.15, 0.2) is 5.60 Å². The highest BCUT2D eigenvalue weighted by atomic mass is 16.5. The van der Waals surface area contributed by atoms with Gasteiger partial charge in [-0.25, -0.2) is 9.78 Å². The Balaban J connectivity index is 2.67. The Morgan fingerprint density at radius 2 is 2.46 bits per heavy atom. The van der Waals surface area contributed by atoms with E-state index in [-0.39, 0.29) is 6.54 Å². The fourth-order valence-electron chi connectivity index (χ4n) is 1.02. The predicted octanol–water partition coefficient (Wildman–Crippen LogP) is -0.193. The number of carbonyl (C=O) groups excluding carboxylic acids is 1. The van der Waals surface area contributed by atoms with Gasteiger partial charge in [-0.1, -0.05) is 0 Å². The van der Waals surface area contributed by atoms with Crippen molar-refractivity contribution in [3.63, 3.8) is 0 Å². The number of ether oxygens (including phenoxy) is 1. The molecule has 13 heavy (non-hydrogen) atoms. The third kappa shape index (κ3) is 2.29. The lowest BCUT2D eigenvalue weighted by Crippen LogP contribution is -2.40. The average molecular weight is 184 g/mol. The summed E-state index contributed by atoms with van der Waals surface area (Å²) < 4.78 is 6.05. The van der Waals surface area contributed by atoms with Crippen molar-refractivity contribution >= 4 is 5.97 Å². The van der Waals surface area contributed by atoms with E-state index in [0.29, 0.717) is 0 Å². The molecule has 0 spiro atoms. The van der Waals surface area contributed by atoms with Gasteiger partial charge in [0.25, 0.3) is 0 Å². The van der Waals surface area contributed by atoms with Crippen LogP contribution in [0.3, 0.4) is 0 Å². The van der Waals surface area contributed by atoms with E-state index in [1.807, 2.05) is 0 Å². The van der Waals surface area contributed by atoms with Gasteiger partial charge in [0.05, 0.1) is 20.0 Å². The third-order valence-corrected chi connectivity index (χ3v) is 1.67. The van der Waals surface area contributed by atoms with Gasteiger partial charge in [0.1, 0.15) is 0 Å². The summed E-state index contributed by atoms with van der Waals surface area (Å²) in [7, 11) is 1.24. The first-order valence-electron chi connectivity index (χ1n) is 3.83. The monoisotopic (exact) mass is 184 g/mol. The van der Waals surface area contributed by atoms with Gasteiger partial charge in [0, 0.05) is 12.4 Å². The van der Waals surface area contributed by atoms with Crippen molar-refractivity contribution in [1.29, 1.82) is 0 Å². The van der Waals surface area contributed by atoms with E-state index < -0.39 is 11.6 Å². The van der Waals surface area contributed by atoms with Crippen LogP contribution in [0.4, 0.5) is 0 Å². The number of carbonyl (C=O) groups is 1.